The van der Waals surface area contributed by atoms with Gasteiger partial charge in [0.1, 0.15) is 0 Å². The van der Waals surface area contributed by atoms with Crippen LogP contribution in [0.15, 0.2) is 48.5 Å². The maximum Gasteiger partial charge on any atom is 0.246 e. The minimum absolute atomic E-state index is 0.0134. The average molecular weight is 324 g/mol. The summed E-state index contributed by atoms with van der Waals surface area (Å²) in [7, 11) is 0. The van der Waals surface area contributed by atoms with E-state index in [9.17, 15) is 4.79 Å². The van der Waals surface area contributed by atoms with Gasteiger partial charge in [-0.3, -0.25) is 4.79 Å². The number of benzene rings is 2. The molecule has 2 aromatic rings. The predicted octanol–water partition coefficient (Wildman–Crippen LogP) is 4.72. The van der Waals surface area contributed by atoms with Gasteiger partial charge in [0, 0.05) is 11.5 Å². The fourth-order valence-electron chi connectivity index (χ4n) is 1.83. The van der Waals surface area contributed by atoms with Crippen LogP contribution in [0.2, 0.25) is 0 Å². The minimum Gasteiger partial charge on any atom is -0.274 e. The highest BCUT2D eigenvalue weighted by atomic mass is 32.2. The van der Waals surface area contributed by atoms with Gasteiger partial charge in [-0.05, 0) is 23.3 Å². The Labute approximate surface area is 138 Å². The number of carbonyl (C=O) groups excluding carboxylic acids is 1. The first-order valence-electron chi connectivity index (χ1n) is 6.50. The van der Waals surface area contributed by atoms with Crippen LogP contribution >= 0.6 is 23.5 Å². The van der Waals surface area contributed by atoms with Crippen molar-refractivity contribution in [3.63, 3.8) is 0 Å². The highest BCUT2D eigenvalue weighted by Gasteiger charge is 2.09. The molecule has 0 fully saturated rings. The Kier molecular flexibility index (Phi) is 6.09. The predicted molar refractivity (Wildman–Crippen MR) is 90.3 cm³/mol. The standard InChI is InChI=1S/C17H12N2OS2/c18-9-13-5-1-3-7-15(13)11-21-17(20)22-12-16-8-4-2-6-14(16)10-19/h1-8H,11-12H2. The first-order chi connectivity index (χ1) is 10.7. The molecule has 0 aliphatic heterocycles. The lowest BCUT2D eigenvalue weighted by Crippen LogP contribution is -1.92. The Morgan fingerprint density at radius 1 is 0.818 bits per heavy atom. The van der Waals surface area contributed by atoms with E-state index in [1.807, 2.05) is 36.4 Å². The van der Waals surface area contributed by atoms with Gasteiger partial charge < -0.3 is 0 Å². The molecule has 0 atom stereocenters. The summed E-state index contributed by atoms with van der Waals surface area (Å²) in [6.45, 7) is 0. The maximum atomic E-state index is 11.9. The van der Waals surface area contributed by atoms with E-state index in [0.717, 1.165) is 11.1 Å². The highest BCUT2D eigenvalue weighted by Crippen LogP contribution is 2.26. The van der Waals surface area contributed by atoms with Crippen molar-refractivity contribution in [2.24, 2.45) is 0 Å². The molecule has 3 nitrogen and oxygen atoms in total. The molecule has 2 aromatic carbocycles. The monoisotopic (exact) mass is 324 g/mol. The lowest BCUT2D eigenvalue weighted by atomic mass is 10.1. The molecular formula is C17H12N2OS2. The van der Waals surface area contributed by atoms with E-state index in [2.05, 4.69) is 12.1 Å². The van der Waals surface area contributed by atoms with E-state index in [-0.39, 0.29) is 4.45 Å². The molecule has 0 spiro atoms. The van der Waals surface area contributed by atoms with Gasteiger partial charge >= 0.3 is 0 Å². The molecule has 108 valence electrons. The zero-order valence-corrected chi connectivity index (χ0v) is 13.3. The molecule has 0 bridgehead atoms. The third-order valence-corrected chi connectivity index (χ3v) is 5.06. The van der Waals surface area contributed by atoms with Crippen molar-refractivity contribution in [2.45, 2.75) is 11.5 Å². The van der Waals surface area contributed by atoms with Gasteiger partial charge in [-0.1, -0.05) is 59.9 Å². The lowest BCUT2D eigenvalue weighted by Gasteiger charge is -2.04. The topological polar surface area (TPSA) is 64.7 Å². The summed E-state index contributed by atoms with van der Waals surface area (Å²) >= 11 is 2.36. The molecule has 0 saturated carbocycles. The van der Waals surface area contributed by atoms with Gasteiger partial charge in [0.25, 0.3) is 0 Å². The Morgan fingerprint density at radius 3 is 1.64 bits per heavy atom. The number of thioether (sulfide) groups is 2. The van der Waals surface area contributed by atoms with E-state index in [1.54, 1.807) is 12.1 Å². The van der Waals surface area contributed by atoms with Crippen LogP contribution < -0.4 is 0 Å². The van der Waals surface area contributed by atoms with Crippen molar-refractivity contribution in [1.82, 2.24) is 0 Å². The van der Waals surface area contributed by atoms with Crippen LogP contribution in [-0.4, -0.2) is 4.45 Å². The van der Waals surface area contributed by atoms with Crippen molar-refractivity contribution in [3.05, 3.63) is 70.8 Å². The lowest BCUT2D eigenvalue weighted by molar-refractivity contribution is 0.276. The second kappa shape index (κ2) is 8.29. The summed E-state index contributed by atoms with van der Waals surface area (Å²) in [5.41, 5.74) is 2.92. The summed E-state index contributed by atoms with van der Waals surface area (Å²) in [4.78, 5) is 11.9. The van der Waals surface area contributed by atoms with Gasteiger partial charge in [0.15, 0.2) is 0 Å². The van der Waals surface area contributed by atoms with Gasteiger partial charge in [0.2, 0.25) is 4.45 Å². The van der Waals surface area contributed by atoms with E-state index in [4.69, 9.17) is 10.5 Å². The molecule has 0 N–H and O–H groups in total. The zero-order valence-electron chi connectivity index (χ0n) is 11.7. The highest BCUT2D eigenvalue weighted by molar-refractivity contribution is 8.37. The number of nitriles is 2. The second-order valence-corrected chi connectivity index (χ2v) is 6.52. The molecule has 0 heterocycles. The van der Waals surface area contributed by atoms with Crippen LogP contribution in [0.25, 0.3) is 0 Å². The van der Waals surface area contributed by atoms with Crippen molar-refractivity contribution in [3.8, 4) is 12.1 Å². The largest absolute Gasteiger partial charge is 0.274 e. The number of nitrogens with zero attached hydrogens (tertiary/aromatic N) is 2. The SMILES string of the molecule is N#Cc1ccccc1CSC(=O)SCc1ccccc1C#N. The van der Waals surface area contributed by atoms with E-state index in [1.165, 1.54) is 23.5 Å². The van der Waals surface area contributed by atoms with Crippen molar-refractivity contribution < 1.29 is 4.79 Å². The molecule has 22 heavy (non-hydrogen) atoms. The summed E-state index contributed by atoms with van der Waals surface area (Å²) in [6, 6.07) is 18.8. The Bertz CT molecular complexity index is 696. The molecule has 0 unspecified atom stereocenters. The van der Waals surface area contributed by atoms with Crippen molar-refractivity contribution in [1.29, 1.82) is 10.5 Å². The summed E-state index contributed by atoms with van der Waals surface area (Å²) in [5.74, 6) is 0.963. The molecule has 0 aromatic heterocycles. The Morgan fingerprint density at radius 2 is 1.23 bits per heavy atom. The summed E-state index contributed by atoms with van der Waals surface area (Å²) in [6.07, 6.45) is 0. The van der Waals surface area contributed by atoms with E-state index >= 15 is 0 Å². The fourth-order valence-corrected chi connectivity index (χ4v) is 3.56. The number of carbonyl (C=O) groups is 1. The van der Waals surface area contributed by atoms with Crippen molar-refractivity contribution >= 4 is 28.0 Å². The van der Waals surface area contributed by atoms with Gasteiger partial charge in [-0.25, -0.2) is 0 Å². The first kappa shape index (κ1) is 16.2. The molecule has 0 radical (unpaired) electrons. The molecule has 0 aliphatic rings. The summed E-state index contributed by atoms with van der Waals surface area (Å²) in [5, 5.41) is 18.0. The molecule has 0 saturated heterocycles. The van der Waals surface area contributed by atoms with Gasteiger partial charge in [-0.2, -0.15) is 10.5 Å². The Hall–Kier alpha value is -2.21. The fraction of sp³-hybridized carbons (Fsp3) is 0.118. The third kappa shape index (κ3) is 4.39. The minimum atomic E-state index is -0.0134. The van der Waals surface area contributed by atoms with Crippen LogP contribution in [-0.2, 0) is 11.5 Å². The summed E-state index contributed by atoms with van der Waals surface area (Å²) < 4.78 is -0.0134. The smallest absolute Gasteiger partial charge is 0.246 e. The van der Waals surface area contributed by atoms with Crippen LogP contribution in [0.1, 0.15) is 22.3 Å². The van der Waals surface area contributed by atoms with Crippen LogP contribution in [0.3, 0.4) is 0 Å². The normalized spacial score (nSPS) is 9.73. The number of hydrogen-bond donors (Lipinski definition) is 0. The maximum absolute atomic E-state index is 11.9. The quantitative estimate of drug-likeness (QED) is 0.814. The average Bonchev–Trinajstić information content (AvgIpc) is 2.58. The van der Waals surface area contributed by atoms with E-state index in [0.29, 0.717) is 22.6 Å². The molecule has 0 amide bonds. The Balaban J connectivity index is 1.89. The third-order valence-electron chi connectivity index (χ3n) is 2.97. The number of hydrogen-bond acceptors (Lipinski definition) is 5. The van der Waals surface area contributed by atoms with Crippen molar-refractivity contribution in [2.75, 3.05) is 0 Å². The molecule has 5 heteroatoms. The van der Waals surface area contributed by atoms with Gasteiger partial charge in [-0.15, -0.1) is 0 Å². The van der Waals surface area contributed by atoms with Crippen LogP contribution in [0.5, 0.6) is 0 Å². The second-order valence-electron chi connectivity index (χ2n) is 4.37. The first-order valence-corrected chi connectivity index (χ1v) is 8.47. The van der Waals surface area contributed by atoms with Gasteiger partial charge in [0.05, 0.1) is 23.3 Å². The van der Waals surface area contributed by atoms with Crippen LogP contribution in [0.4, 0.5) is 4.79 Å². The molecule has 0 aliphatic carbocycles. The van der Waals surface area contributed by atoms with Crippen LogP contribution in [0, 0.1) is 22.7 Å². The number of rotatable bonds is 4. The molecule has 2 rings (SSSR count). The van der Waals surface area contributed by atoms with E-state index < -0.39 is 0 Å². The zero-order chi connectivity index (χ0) is 15.8. The molecular weight excluding hydrogens is 312 g/mol.